The Hall–Kier alpha value is -2.12. The van der Waals surface area contributed by atoms with Gasteiger partial charge in [0.1, 0.15) is 30.6 Å². The highest BCUT2D eigenvalue weighted by Crippen LogP contribution is 2.35. The fourth-order valence-corrected chi connectivity index (χ4v) is 6.47. The maximum atomic E-state index is 10.2. The van der Waals surface area contributed by atoms with Crippen LogP contribution in [0.25, 0.3) is 22.4 Å². The SMILES string of the molecule is C[Si](C)(C)CCOCn1c(OC2COC3C(O)COC23)nc2cc(Cl)c(-c3ccc(C4C=CC(Br)C=N4)cc3)nc21. The van der Waals surface area contributed by atoms with Crippen molar-refractivity contribution in [2.75, 3.05) is 19.8 Å². The van der Waals surface area contributed by atoms with Crippen molar-refractivity contribution in [1.29, 1.82) is 0 Å². The number of halogens is 2. The van der Waals surface area contributed by atoms with Gasteiger partial charge in [0.05, 0.1) is 34.8 Å². The zero-order valence-corrected chi connectivity index (χ0v) is 26.6. The fraction of sp³-hybridized carbons (Fsp3) is 0.483. The second kappa shape index (κ2) is 11.9. The standard InChI is InChI=1S/C29H34BrClN4O5Si/c1-41(2,3)11-10-37-16-35-28-22(33-29(35)40-24-15-39-26-23(36)14-38-27(24)26)12-20(31)25(34-28)18-6-4-17(5-7-18)21-9-8-19(30)13-32-21/h4-9,12-13,19,21,23-24,26-27,36H,10-11,14-16H2,1-3H3. The van der Waals surface area contributed by atoms with Crippen molar-refractivity contribution in [3.63, 3.8) is 0 Å². The Bertz CT molecular complexity index is 1450. The van der Waals surface area contributed by atoms with Gasteiger partial charge in [0.15, 0.2) is 11.8 Å². The first kappa shape index (κ1) is 29.0. The lowest BCUT2D eigenvalue weighted by molar-refractivity contribution is 0.00336. The molecule has 3 aliphatic rings. The van der Waals surface area contributed by atoms with Gasteiger partial charge in [0.2, 0.25) is 0 Å². The number of alkyl halides is 1. The van der Waals surface area contributed by atoms with Crippen LogP contribution < -0.4 is 4.74 Å². The Balaban J connectivity index is 1.30. The lowest BCUT2D eigenvalue weighted by Gasteiger charge is -2.19. The Labute approximate surface area is 253 Å². The van der Waals surface area contributed by atoms with E-state index in [-0.39, 0.29) is 30.3 Å². The minimum Gasteiger partial charge on any atom is -0.456 e. The van der Waals surface area contributed by atoms with Crippen LogP contribution in [0.2, 0.25) is 30.7 Å². The number of dihydropyridines is 1. The van der Waals surface area contributed by atoms with Crippen LogP contribution in [-0.2, 0) is 20.9 Å². The van der Waals surface area contributed by atoms with E-state index in [9.17, 15) is 5.11 Å². The molecule has 6 atom stereocenters. The molecule has 218 valence electrons. The van der Waals surface area contributed by atoms with E-state index >= 15 is 0 Å². The highest BCUT2D eigenvalue weighted by atomic mass is 79.9. The summed E-state index contributed by atoms with van der Waals surface area (Å²) in [6, 6.07) is 11.3. The molecule has 0 bridgehead atoms. The van der Waals surface area contributed by atoms with E-state index in [1.165, 1.54) is 0 Å². The van der Waals surface area contributed by atoms with E-state index in [2.05, 4.69) is 64.8 Å². The van der Waals surface area contributed by atoms with Crippen LogP contribution in [-0.4, -0.2) is 83.0 Å². The third kappa shape index (κ3) is 6.31. The maximum absolute atomic E-state index is 10.2. The van der Waals surface area contributed by atoms with Gasteiger partial charge in [-0.1, -0.05) is 83.6 Å². The molecule has 5 heterocycles. The Kier molecular flexibility index (Phi) is 8.39. The predicted octanol–water partition coefficient (Wildman–Crippen LogP) is 5.42. The quantitative estimate of drug-likeness (QED) is 0.142. The van der Waals surface area contributed by atoms with Crippen LogP contribution in [0, 0.1) is 0 Å². The minimum atomic E-state index is -1.26. The molecule has 6 rings (SSSR count). The molecule has 6 unspecified atom stereocenters. The van der Waals surface area contributed by atoms with E-state index in [1.54, 1.807) is 0 Å². The van der Waals surface area contributed by atoms with Gasteiger partial charge in [-0.15, -0.1) is 0 Å². The number of benzene rings is 1. The van der Waals surface area contributed by atoms with E-state index in [1.807, 2.05) is 29.0 Å². The molecule has 3 aliphatic heterocycles. The van der Waals surface area contributed by atoms with Crippen LogP contribution in [0.5, 0.6) is 6.01 Å². The summed E-state index contributed by atoms with van der Waals surface area (Å²) < 4.78 is 25.8. The topological polar surface area (TPSA) is 100 Å². The van der Waals surface area contributed by atoms with E-state index in [0.29, 0.717) is 41.1 Å². The van der Waals surface area contributed by atoms with Crippen molar-refractivity contribution in [1.82, 2.24) is 14.5 Å². The molecule has 1 N–H and O–H groups in total. The summed E-state index contributed by atoms with van der Waals surface area (Å²) in [4.78, 5) is 14.5. The van der Waals surface area contributed by atoms with Crippen molar-refractivity contribution in [3.05, 3.63) is 53.1 Å². The summed E-state index contributed by atoms with van der Waals surface area (Å²) in [6.07, 6.45) is 4.24. The largest absolute Gasteiger partial charge is 0.456 e. The average molecular weight is 662 g/mol. The van der Waals surface area contributed by atoms with Gasteiger partial charge in [0.25, 0.3) is 0 Å². The van der Waals surface area contributed by atoms with Crippen LogP contribution in [0.4, 0.5) is 0 Å². The predicted molar refractivity (Wildman–Crippen MR) is 165 cm³/mol. The highest BCUT2D eigenvalue weighted by Gasteiger charge is 2.49. The lowest BCUT2D eigenvalue weighted by atomic mass is 10.0. The summed E-state index contributed by atoms with van der Waals surface area (Å²) in [6.45, 7) is 8.35. The normalized spacial score (nSPS) is 27.6. The van der Waals surface area contributed by atoms with E-state index in [4.69, 9.17) is 40.5 Å². The Morgan fingerprint density at radius 3 is 2.61 bits per heavy atom. The second-order valence-corrected chi connectivity index (χ2v) is 18.9. The molecule has 0 radical (unpaired) electrons. The Morgan fingerprint density at radius 1 is 1.10 bits per heavy atom. The molecule has 9 nitrogen and oxygen atoms in total. The van der Waals surface area contributed by atoms with Crippen molar-refractivity contribution >= 4 is 53.0 Å². The summed E-state index contributed by atoms with van der Waals surface area (Å²) in [5.41, 5.74) is 3.84. The summed E-state index contributed by atoms with van der Waals surface area (Å²) in [5.74, 6) is 0. The van der Waals surface area contributed by atoms with Crippen LogP contribution >= 0.6 is 27.5 Å². The summed E-state index contributed by atoms with van der Waals surface area (Å²) >= 11 is 10.3. The zero-order chi connectivity index (χ0) is 28.7. The number of pyridine rings is 1. The number of hydrogen-bond donors (Lipinski definition) is 1. The van der Waals surface area contributed by atoms with Gasteiger partial charge in [-0.25, -0.2) is 4.98 Å². The molecule has 2 saturated heterocycles. The molecule has 2 aromatic heterocycles. The summed E-state index contributed by atoms with van der Waals surface area (Å²) in [5, 5.41) is 10.6. The molecule has 12 heteroatoms. The second-order valence-electron chi connectivity index (χ2n) is 11.8. The minimum absolute atomic E-state index is 0.0117. The number of aliphatic imine (C=N–C) groups is 1. The highest BCUT2D eigenvalue weighted by molar-refractivity contribution is 9.10. The number of allylic oxidation sites excluding steroid dienone is 1. The number of hydrogen-bond acceptors (Lipinski definition) is 8. The van der Waals surface area contributed by atoms with Crippen molar-refractivity contribution in [2.24, 2.45) is 4.99 Å². The first-order chi connectivity index (χ1) is 19.7. The number of rotatable bonds is 9. The molecule has 0 spiro atoms. The first-order valence-electron chi connectivity index (χ1n) is 13.8. The molecular formula is C29H34BrClN4O5Si. The van der Waals surface area contributed by atoms with Crippen molar-refractivity contribution < 1.29 is 24.1 Å². The van der Waals surface area contributed by atoms with Crippen LogP contribution in [0.1, 0.15) is 11.6 Å². The van der Waals surface area contributed by atoms with Gasteiger partial charge in [-0.3, -0.25) is 9.56 Å². The van der Waals surface area contributed by atoms with Gasteiger partial charge >= 0.3 is 6.01 Å². The van der Waals surface area contributed by atoms with Gasteiger partial charge in [-0.2, -0.15) is 4.98 Å². The molecule has 0 amide bonds. The number of fused-ring (bicyclic) bond motifs is 2. The number of ether oxygens (including phenoxy) is 4. The zero-order valence-electron chi connectivity index (χ0n) is 23.2. The van der Waals surface area contributed by atoms with Crippen LogP contribution in [0.15, 0.2) is 47.5 Å². The lowest BCUT2D eigenvalue weighted by Crippen LogP contribution is -2.35. The summed E-state index contributed by atoms with van der Waals surface area (Å²) in [7, 11) is -1.26. The van der Waals surface area contributed by atoms with E-state index < -0.39 is 26.4 Å². The molecule has 2 fully saturated rings. The third-order valence-corrected chi connectivity index (χ3v) is 10.0. The Morgan fingerprint density at radius 2 is 1.88 bits per heavy atom. The fourth-order valence-electron chi connectivity index (χ4n) is 5.15. The van der Waals surface area contributed by atoms with Gasteiger partial charge in [0, 0.05) is 26.5 Å². The van der Waals surface area contributed by atoms with Crippen LogP contribution in [0.3, 0.4) is 0 Å². The van der Waals surface area contributed by atoms with Crippen molar-refractivity contribution in [3.8, 4) is 17.3 Å². The molecule has 1 aromatic carbocycles. The first-order valence-corrected chi connectivity index (χ1v) is 18.8. The monoisotopic (exact) mass is 660 g/mol. The third-order valence-electron chi connectivity index (χ3n) is 7.49. The number of aromatic nitrogens is 3. The molecule has 3 aromatic rings. The average Bonchev–Trinajstić information content (AvgIpc) is 3.61. The number of imidazole rings is 1. The van der Waals surface area contributed by atoms with Gasteiger partial charge in [-0.05, 0) is 17.7 Å². The molecule has 0 saturated carbocycles. The number of aliphatic hydroxyl groups excluding tert-OH is 1. The van der Waals surface area contributed by atoms with Gasteiger partial charge < -0.3 is 24.1 Å². The number of aliphatic hydroxyl groups is 1. The van der Waals surface area contributed by atoms with Crippen molar-refractivity contribution in [2.45, 2.75) is 67.7 Å². The molecule has 41 heavy (non-hydrogen) atoms. The maximum Gasteiger partial charge on any atom is 0.301 e. The molecule has 0 aliphatic carbocycles. The smallest absolute Gasteiger partial charge is 0.301 e. The molecular weight excluding hydrogens is 628 g/mol. The number of nitrogens with zero attached hydrogens (tertiary/aromatic N) is 4. The van der Waals surface area contributed by atoms with E-state index in [0.717, 1.165) is 17.2 Å².